The molecule has 1 saturated heterocycles. The topological polar surface area (TPSA) is 62.6 Å². The Morgan fingerprint density at radius 2 is 2.22 bits per heavy atom. The molecule has 1 aromatic carbocycles. The molecule has 1 aliphatic rings. The van der Waals surface area contributed by atoms with Crippen molar-refractivity contribution in [1.29, 1.82) is 5.26 Å². The van der Waals surface area contributed by atoms with E-state index in [0.29, 0.717) is 36.0 Å². The van der Waals surface area contributed by atoms with E-state index in [1.54, 1.807) is 23.1 Å². The molecule has 0 radical (unpaired) electrons. The van der Waals surface area contributed by atoms with Gasteiger partial charge in [-0.15, -0.1) is 0 Å². The highest BCUT2D eigenvalue weighted by Gasteiger charge is 2.30. The minimum Gasteiger partial charge on any atom is -0.493 e. The molecular formula is C17H21ClN2O3. The molecule has 6 heteroatoms. The Kier molecular flexibility index (Phi) is 5.38. The fourth-order valence-corrected chi connectivity index (χ4v) is 2.56. The van der Waals surface area contributed by atoms with Gasteiger partial charge in [0, 0.05) is 25.1 Å². The lowest BCUT2D eigenvalue weighted by Gasteiger charge is -2.24. The number of carbonyl (C=O) groups excluding carboxylic acids is 1. The van der Waals surface area contributed by atoms with Crippen molar-refractivity contribution in [2.75, 3.05) is 19.7 Å². The van der Waals surface area contributed by atoms with E-state index in [4.69, 9.17) is 26.3 Å². The summed E-state index contributed by atoms with van der Waals surface area (Å²) in [4.78, 5) is 13.7. The van der Waals surface area contributed by atoms with Crippen molar-refractivity contribution in [3.8, 4) is 11.8 Å². The summed E-state index contributed by atoms with van der Waals surface area (Å²) in [6, 6.07) is 7.02. The highest BCUT2D eigenvalue weighted by atomic mass is 35.5. The molecule has 2 rings (SSSR count). The van der Waals surface area contributed by atoms with Crippen LogP contribution in [0.2, 0.25) is 5.02 Å². The maximum absolute atomic E-state index is 12.0. The molecular weight excluding hydrogens is 316 g/mol. The summed E-state index contributed by atoms with van der Waals surface area (Å²) in [5.41, 5.74) is -0.0544. The average Bonchev–Trinajstić information content (AvgIpc) is 2.92. The zero-order valence-corrected chi connectivity index (χ0v) is 14.4. The van der Waals surface area contributed by atoms with Crippen LogP contribution in [0.25, 0.3) is 0 Å². The first-order valence-electron chi connectivity index (χ1n) is 7.59. The molecule has 0 aliphatic carbocycles. The van der Waals surface area contributed by atoms with Gasteiger partial charge >= 0.3 is 6.09 Å². The first-order valence-corrected chi connectivity index (χ1v) is 7.96. The summed E-state index contributed by atoms with van der Waals surface area (Å²) >= 11 is 5.98. The van der Waals surface area contributed by atoms with Gasteiger partial charge in [0.05, 0.1) is 17.2 Å². The van der Waals surface area contributed by atoms with Gasteiger partial charge in [0.25, 0.3) is 0 Å². The fraction of sp³-hybridized carbons (Fsp3) is 0.529. The van der Waals surface area contributed by atoms with E-state index < -0.39 is 5.60 Å². The Morgan fingerprint density at radius 1 is 1.48 bits per heavy atom. The maximum atomic E-state index is 12.0. The summed E-state index contributed by atoms with van der Waals surface area (Å²) in [7, 11) is 0. The Bertz CT molecular complexity index is 619. The lowest BCUT2D eigenvalue weighted by molar-refractivity contribution is 0.0285. The van der Waals surface area contributed by atoms with Crippen molar-refractivity contribution >= 4 is 17.7 Å². The SMILES string of the molecule is CC(C)(C)OC(=O)N1CC[C@H](COc2ccc(C#N)c(Cl)c2)C1. The summed E-state index contributed by atoms with van der Waals surface area (Å²) in [5.74, 6) is 0.890. The molecule has 1 aliphatic heterocycles. The average molecular weight is 337 g/mol. The smallest absolute Gasteiger partial charge is 0.410 e. The number of benzene rings is 1. The minimum atomic E-state index is -0.481. The lowest BCUT2D eigenvalue weighted by Crippen LogP contribution is -2.35. The van der Waals surface area contributed by atoms with E-state index >= 15 is 0 Å². The van der Waals surface area contributed by atoms with Crippen LogP contribution in [-0.2, 0) is 4.74 Å². The zero-order chi connectivity index (χ0) is 17.0. The third kappa shape index (κ3) is 5.04. The Hall–Kier alpha value is -1.93. The van der Waals surface area contributed by atoms with E-state index in [2.05, 4.69) is 0 Å². The van der Waals surface area contributed by atoms with Crippen LogP contribution in [0.3, 0.4) is 0 Å². The number of nitriles is 1. The predicted octanol–water partition coefficient (Wildman–Crippen LogP) is 3.85. The summed E-state index contributed by atoms with van der Waals surface area (Å²) < 4.78 is 11.1. The fourth-order valence-electron chi connectivity index (χ4n) is 2.35. The third-order valence-corrected chi connectivity index (χ3v) is 3.80. The molecule has 0 aromatic heterocycles. The summed E-state index contributed by atoms with van der Waals surface area (Å²) in [6.07, 6.45) is 0.602. The van der Waals surface area contributed by atoms with E-state index in [0.717, 1.165) is 6.42 Å². The second-order valence-electron chi connectivity index (χ2n) is 6.65. The minimum absolute atomic E-state index is 0.261. The van der Waals surface area contributed by atoms with Crippen molar-refractivity contribution in [2.24, 2.45) is 5.92 Å². The van der Waals surface area contributed by atoms with Crippen molar-refractivity contribution in [1.82, 2.24) is 4.90 Å². The van der Waals surface area contributed by atoms with E-state index in [-0.39, 0.29) is 12.0 Å². The van der Waals surface area contributed by atoms with Crippen LogP contribution in [-0.4, -0.2) is 36.3 Å². The second-order valence-corrected chi connectivity index (χ2v) is 7.05. The van der Waals surface area contributed by atoms with Gasteiger partial charge in [-0.05, 0) is 39.3 Å². The number of hydrogen-bond acceptors (Lipinski definition) is 4. The van der Waals surface area contributed by atoms with Gasteiger partial charge in [-0.2, -0.15) is 5.26 Å². The molecule has 1 fully saturated rings. The van der Waals surface area contributed by atoms with Crippen LogP contribution in [0.15, 0.2) is 18.2 Å². The van der Waals surface area contributed by atoms with Crippen molar-refractivity contribution < 1.29 is 14.3 Å². The maximum Gasteiger partial charge on any atom is 0.410 e. The van der Waals surface area contributed by atoms with E-state index in [1.807, 2.05) is 26.8 Å². The number of hydrogen-bond donors (Lipinski definition) is 0. The molecule has 5 nitrogen and oxygen atoms in total. The normalized spacial score (nSPS) is 17.7. The highest BCUT2D eigenvalue weighted by Crippen LogP contribution is 2.24. The molecule has 0 unspecified atom stereocenters. The Morgan fingerprint density at radius 3 is 2.83 bits per heavy atom. The van der Waals surface area contributed by atoms with E-state index in [1.165, 1.54) is 0 Å². The van der Waals surface area contributed by atoms with Crippen LogP contribution in [0.4, 0.5) is 4.79 Å². The number of likely N-dealkylation sites (tertiary alicyclic amines) is 1. The number of carbonyl (C=O) groups is 1. The number of ether oxygens (including phenoxy) is 2. The molecule has 1 amide bonds. The van der Waals surface area contributed by atoms with Gasteiger partial charge in [0.2, 0.25) is 0 Å². The molecule has 0 N–H and O–H groups in total. The number of amides is 1. The van der Waals surface area contributed by atoms with Gasteiger partial charge in [-0.3, -0.25) is 0 Å². The molecule has 1 heterocycles. The van der Waals surface area contributed by atoms with Gasteiger partial charge in [-0.25, -0.2) is 4.79 Å². The quantitative estimate of drug-likeness (QED) is 0.841. The Balaban J connectivity index is 1.83. The molecule has 124 valence electrons. The molecule has 1 aromatic rings. The van der Waals surface area contributed by atoms with Crippen LogP contribution in [0.5, 0.6) is 5.75 Å². The number of rotatable bonds is 3. The van der Waals surface area contributed by atoms with Crippen LogP contribution < -0.4 is 4.74 Å². The molecule has 0 saturated carbocycles. The van der Waals surface area contributed by atoms with Crippen molar-refractivity contribution in [2.45, 2.75) is 32.8 Å². The largest absolute Gasteiger partial charge is 0.493 e. The summed E-state index contributed by atoms with van der Waals surface area (Å²) in [5, 5.41) is 9.23. The van der Waals surface area contributed by atoms with Gasteiger partial charge in [-0.1, -0.05) is 11.6 Å². The van der Waals surface area contributed by atoms with Crippen LogP contribution in [0, 0.1) is 17.2 Å². The highest BCUT2D eigenvalue weighted by molar-refractivity contribution is 6.31. The monoisotopic (exact) mass is 336 g/mol. The molecule has 23 heavy (non-hydrogen) atoms. The predicted molar refractivity (Wildman–Crippen MR) is 87.6 cm³/mol. The van der Waals surface area contributed by atoms with E-state index in [9.17, 15) is 4.79 Å². The Labute approximate surface area is 141 Å². The third-order valence-electron chi connectivity index (χ3n) is 3.48. The molecule has 1 atom stereocenters. The zero-order valence-electron chi connectivity index (χ0n) is 13.6. The standard InChI is InChI=1S/C17H21ClN2O3/c1-17(2,3)23-16(21)20-7-6-12(10-20)11-22-14-5-4-13(9-19)15(18)8-14/h4-5,8,12H,6-7,10-11H2,1-3H3/t12-/m0/s1. The van der Waals surface area contributed by atoms with Gasteiger partial charge in [0.1, 0.15) is 17.4 Å². The molecule has 0 spiro atoms. The first-order chi connectivity index (χ1) is 10.8. The van der Waals surface area contributed by atoms with Gasteiger partial charge < -0.3 is 14.4 Å². The summed E-state index contributed by atoms with van der Waals surface area (Å²) in [6.45, 7) is 7.38. The van der Waals surface area contributed by atoms with Crippen LogP contribution >= 0.6 is 11.6 Å². The van der Waals surface area contributed by atoms with Crippen molar-refractivity contribution in [3.63, 3.8) is 0 Å². The number of halogens is 1. The molecule has 0 bridgehead atoms. The second kappa shape index (κ2) is 7.10. The number of nitrogens with zero attached hydrogens (tertiary/aromatic N) is 2. The van der Waals surface area contributed by atoms with Crippen LogP contribution in [0.1, 0.15) is 32.8 Å². The van der Waals surface area contributed by atoms with Crippen molar-refractivity contribution in [3.05, 3.63) is 28.8 Å². The van der Waals surface area contributed by atoms with Gasteiger partial charge in [0.15, 0.2) is 0 Å². The lowest BCUT2D eigenvalue weighted by atomic mass is 10.1. The first kappa shape index (κ1) is 17.4.